The van der Waals surface area contributed by atoms with Gasteiger partial charge in [0.15, 0.2) is 5.82 Å². The summed E-state index contributed by atoms with van der Waals surface area (Å²) in [6.45, 7) is 2.90. The number of aromatic nitrogens is 5. The minimum atomic E-state index is -3.85. The lowest BCUT2D eigenvalue weighted by atomic mass is 9.93. The van der Waals surface area contributed by atoms with Gasteiger partial charge in [-0.15, -0.1) is 0 Å². The minimum Gasteiger partial charge on any atom is -0.359 e. The van der Waals surface area contributed by atoms with Gasteiger partial charge < -0.3 is 15.0 Å². The van der Waals surface area contributed by atoms with Gasteiger partial charge in [0.1, 0.15) is 40.9 Å². The SMILES string of the molecule is CC(=O)N1CCO[C@](C)(C#Cc2ccc(-c3ccc(Cl)c4c(NS(C)(=O)=O)nn(C)c34)c([C@H](Cc3cc(F)cc(F)c3)NC(=O)Cn3nc(C(F)F)c4c3C(F)(F)[C@@H]3C[C@H]43)n2)C1. The van der Waals surface area contributed by atoms with Crippen molar-refractivity contribution in [2.75, 3.05) is 30.7 Å². The average molecular weight is 903 g/mol. The van der Waals surface area contributed by atoms with Crippen molar-refractivity contribution in [1.29, 1.82) is 0 Å². The molecule has 0 unspecified atom stereocenters. The lowest BCUT2D eigenvalue weighted by molar-refractivity contribution is -0.139. The van der Waals surface area contributed by atoms with Crippen LogP contribution in [0.2, 0.25) is 5.02 Å². The van der Waals surface area contributed by atoms with E-state index in [4.69, 9.17) is 21.3 Å². The summed E-state index contributed by atoms with van der Waals surface area (Å²) in [6, 6.07) is 7.56. The zero-order valence-corrected chi connectivity index (χ0v) is 34.9. The van der Waals surface area contributed by atoms with Crippen molar-refractivity contribution in [3.05, 3.63) is 93.0 Å². The standard InChI is InChI=1S/C41H37ClF6N8O5S/c1-20(57)55-11-12-61-40(2,19-55)10-9-24-5-6-25(26-7-8-29(42)33-36(26)54(3)52-39(33)53-62(4,59)60)34(49-24)30(15-21-13-22(43)16-23(44)14-21)50-31(58)18-56-37-32(35(51-56)38(45)46)27-17-28(27)41(37,47)48/h5-8,13-14,16,27-28,30,38H,11-12,15,17-19H2,1-4H3,(H,50,58)(H,52,53)/t27-,28+,30-,40+/m0/s1. The number of nitrogens with one attached hydrogen (secondary N) is 2. The Morgan fingerprint density at radius 2 is 1.77 bits per heavy atom. The Kier molecular flexibility index (Phi) is 10.8. The Labute approximate surface area is 355 Å². The Morgan fingerprint density at radius 3 is 2.45 bits per heavy atom. The molecular formula is C41H37ClF6N8O5S. The fraction of sp³-hybridized carbons (Fsp3) is 0.390. The van der Waals surface area contributed by atoms with Crippen LogP contribution >= 0.6 is 11.6 Å². The number of hydrogen-bond acceptors (Lipinski definition) is 8. The smallest absolute Gasteiger partial charge is 0.293 e. The van der Waals surface area contributed by atoms with Crippen molar-refractivity contribution in [3.63, 3.8) is 0 Å². The molecule has 3 aromatic heterocycles. The number of pyridine rings is 1. The zero-order valence-electron chi connectivity index (χ0n) is 33.4. The van der Waals surface area contributed by atoms with Gasteiger partial charge >= 0.3 is 0 Å². The summed E-state index contributed by atoms with van der Waals surface area (Å²) in [5, 5.41) is 11.2. The van der Waals surface area contributed by atoms with Crippen molar-refractivity contribution in [2.24, 2.45) is 13.0 Å². The van der Waals surface area contributed by atoms with Crippen molar-refractivity contribution in [2.45, 2.75) is 63.1 Å². The molecule has 62 heavy (non-hydrogen) atoms. The Hall–Kier alpha value is -5.65. The number of anilines is 1. The van der Waals surface area contributed by atoms with Gasteiger partial charge in [0, 0.05) is 49.2 Å². The summed E-state index contributed by atoms with van der Waals surface area (Å²) in [5.74, 6) is -2.65. The number of fused-ring (bicyclic) bond motifs is 4. The van der Waals surface area contributed by atoms with Crippen LogP contribution in [0.3, 0.4) is 0 Å². The molecule has 1 saturated carbocycles. The molecule has 0 bridgehead atoms. The summed E-state index contributed by atoms with van der Waals surface area (Å²) in [6.07, 6.45) is -2.59. The number of aryl methyl sites for hydroxylation is 1. The van der Waals surface area contributed by atoms with Gasteiger partial charge in [-0.2, -0.15) is 19.0 Å². The number of hydrogen-bond donors (Lipinski definition) is 2. The highest BCUT2D eigenvalue weighted by molar-refractivity contribution is 7.92. The van der Waals surface area contributed by atoms with Gasteiger partial charge in [-0.25, -0.2) is 31.0 Å². The van der Waals surface area contributed by atoms with E-state index in [1.165, 1.54) is 24.7 Å². The van der Waals surface area contributed by atoms with E-state index in [1.807, 2.05) is 0 Å². The second kappa shape index (κ2) is 15.6. The van der Waals surface area contributed by atoms with Crippen LogP contribution in [0.4, 0.5) is 32.2 Å². The number of benzene rings is 2. The molecule has 4 heterocycles. The average Bonchev–Trinajstić information content (AvgIpc) is 3.72. The Balaban J connectivity index is 1.28. The van der Waals surface area contributed by atoms with Crippen LogP contribution in [-0.4, -0.2) is 81.2 Å². The molecule has 0 radical (unpaired) electrons. The van der Waals surface area contributed by atoms with Gasteiger partial charge in [-0.1, -0.05) is 23.6 Å². The van der Waals surface area contributed by atoms with Crippen LogP contribution in [0, 0.1) is 29.4 Å². The van der Waals surface area contributed by atoms with E-state index in [9.17, 15) is 35.6 Å². The molecule has 3 aliphatic rings. The predicted molar refractivity (Wildman–Crippen MR) is 214 cm³/mol. The van der Waals surface area contributed by atoms with Crippen LogP contribution in [-0.2, 0) is 50.3 Å². The third kappa shape index (κ3) is 8.20. The third-order valence-corrected chi connectivity index (χ3v) is 12.0. The van der Waals surface area contributed by atoms with Crippen molar-refractivity contribution in [1.82, 2.24) is 34.8 Å². The van der Waals surface area contributed by atoms with Crippen molar-refractivity contribution in [3.8, 4) is 23.0 Å². The number of nitrogens with zero attached hydrogens (tertiary/aromatic N) is 6. The first-order chi connectivity index (χ1) is 29.1. The van der Waals surface area contributed by atoms with Crippen molar-refractivity contribution < 1.29 is 49.1 Å². The van der Waals surface area contributed by atoms with E-state index in [1.54, 1.807) is 30.0 Å². The zero-order chi connectivity index (χ0) is 44.6. The van der Waals surface area contributed by atoms with E-state index < -0.39 is 81.3 Å². The van der Waals surface area contributed by atoms with E-state index in [-0.39, 0.29) is 76.2 Å². The quantitative estimate of drug-likeness (QED) is 0.121. The van der Waals surface area contributed by atoms with Crippen LogP contribution in [0.15, 0.2) is 42.5 Å². The normalized spacial score (nSPS) is 20.7. The van der Waals surface area contributed by atoms with Crippen molar-refractivity contribution >= 4 is 50.2 Å². The monoisotopic (exact) mass is 902 g/mol. The van der Waals surface area contributed by atoms with Gasteiger partial charge in [0.2, 0.25) is 21.8 Å². The summed E-state index contributed by atoms with van der Waals surface area (Å²) >= 11 is 6.63. The first-order valence-corrected chi connectivity index (χ1v) is 21.5. The number of sulfonamides is 1. The molecule has 4 atom stereocenters. The van der Waals surface area contributed by atoms with Gasteiger partial charge in [0.05, 0.1) is 47.1 Å². The fourth-order valence-electron chi connectivity index (χ4n) is 8.42. The van der Waals surface area contributed by atoms with Gasteiger partial charge in [0.25, 0.3) is 12.3 Å². The number of alkyl halides is 4. The highest BCUT2D eigenvalue weighted by Gasteiger charge is 2.67. The molecule has 2 amide bonds. The number of carbonyl (C=O) groups is 2. The van der Waals surface area contributed by atoms with Crippen LogP contribution in [0.1, 0.15) is 72.6 Å². The molecule has 2 aliphatic carbocycles. The molecule has 2 N–H and O–H groups in total. The van der Waals surface area contributed by atoms with Crippen LogP contribution < -0.4 is 10.0 Å². The minimum absolute atomic E-state index is 0.0122. The maximum absolute atomic E-state index is 15.5. The highest BCUT2D eigenvalue weighted by Crippen LogP contribution is 2.68. The highest BCUT2D eigenvalue weighted by atomic mass is 35.5. The lowest BCUT2D eigenvalue weighted by Crippen LogP contribution is -2.50. The summed E-state index contributed by atoms with van der Waals surface area (Å²) in [7, 11) is -2.32. The Bertz CT molecular complexity index is 2840. The molecule has 326 valence electrons. The number of halogens is 7. The molecule has 1 aliphatic heterocycles. The van der Waals surface area contributed by atoms with E-state index in [0.717, 1.165) is 18.4 Å². The molecule has 0 spiro atoms. The number of carbonyl (C=O) groups excluding carboxylic acids is 2. The molecule has 21 heteroatoms. The summed E-state index contributed by atoms with van der Waals surface area (Å²) in [4.78, 5) is 32.7. The molecular weight excluding hydrogens is 866 g/mol. The van der Waals surface area contributed by atoms with E-state index >= 15 is 8.78 Å². The predicted octanol–water partition coefficient (Wildman–Crippen LogP) is 6.37. The lowest BCUT2D eigenvalue weighted by Gasteiger charge is -2.36. The molecule has 5 aromatic rings. The molecule has 13 nitrogen and oxygen atoms in total. The topological polar surface area (TPSA) is 153 Å². The summed E-state index contributed by atoms with van der Waals surface area (Å²) in [5.41, 5.74) is -1.88. The maximum atomic E-state index is 15.5. The maximum Gasteiger partial charge on any atom is 0.293 e. The second-order valence-corrected chi connectivity index (χ2v) is 18.0. The molecule has 8 rings (SSSR count). The van der Waals surface area contributed by atoms with Crippen LogP contribution in [0.25, 0.3) is 22.0 Å². The fourth-order valence-corrected chi connectivity index (χ4v) is 9.16. The van der Waals surface area contributed by atoms with E-state index in [2.05, 4.69) is 32.1 Å². The first kappa shape index (κ1) is 43.0. The van der Waals surface area contributed by atoms with Crippen LogP contribution in [0.5, 0.6) is 0 Å². The third-order valence-electron chi connectivity index (χ3n) is 11.1. The Morgan fingerprint density at radius 1 is 1.06 bits per heavy atom. The number of amides is 2. The van der Waals surface area contributed by atoms with Gasteiger partial charge in [-0.3, -0.25) is 23.7 Å². The number of rotatable bonds is 10. The van der Waals surface area contributed by atoms with E-state index in [0.29, 0.717) is 28.4 Å². The molecule has 1 saturated heterocycles. The molecule has 2 aromatic carbocycles. The number of morpholine rings is 1. The largest absolute Gasteiger partial charge is 0.359 e. The number of ether oxygens (including phenoxy) is 1. The first-order valence-electron chi connectivity index (χ1n) is 19.2. The molecule has 2 fully saturated rings. The summed E-state index contributed by atoms with van der Waals surface area (Å²) < 4.78 is 124. The van der Waals surface area contributed by atoms with Gasteiger partial charge in [-0.05, 0) is 67.5 Å². The second-order valence-electron chi connectivity index (χ2n) is 15.8.